The average Bonchev–Trinajstić information content (AvgIpc) is 1.61. The molecular formula is C78H120N10O27. The number of unbranched alkanes of at least 4 members (excludes halogenated alkanes) is 4. The predicted octanol–water partition coefficient (Wildman–Crippen LogP) is 1.99. The maximum atomic E-state index is 13.8. The second kappa shape index (κ2) is 57.0. The molecule has 115 heavy (non-hydrogen) atoms. The van der Waals surface area contributed by atoms with Crippen LogP contribution in [-0.2, 0) is 115 Å². The number of methoxy groups -OCH3 is 2. The standard InChI is InChI=1S/C78H120N10O27/c1-4-5-12-64-86-70-71(58-15-14-56(77(99)102-3)51-60(58)85-75(70)79)87(64)25-10-6-8-23-82-78(100)114-54-55-13-16-62(115-63-52-57(53-89)72(95)74(97)73(63)96)61(50-55)84-66(91)19-24-81-76(98)59(83-67(92)20-26-88-68(93)17-18-69(88)94)11-7-9-22-80-65(90)21-27-103-30-31-105-34-35-107-38-39-109-42-43-111-46-47-113-49-48-112-45-44-110-41-40-108-37-36-106-33-32-104-29-28-101-2/h13-18,50-51,57,59,63,72-74,89,95-97H,4-12,19-49,52-54H2,1-3H3,(H2,79,85)(H,80,90)(H,81,98)(H,82,100)(H,83,92)(H,84,91)/t57-,59?,63+,72-,73-,74+/m1/s1. The lowest BCUT2D eigenvalue weighted by Gasteiger charge is -2.39. The first-order valence-electron chi connectivity index (χ1n) is 39.5. The van der Waals surface area contributed by atoms with Crippen molar-refractivity contribution >= 4 is 80.9 Å². The van der Waals surface area contributed by atoms with Gasteiger partial charge >= 0.3 is 12.1 Å². The monoisotopic (exact) mass is 1630 g/mol. The van der Waals surface area contributed by atoms with Crippen LogP contribution in [0.2, 0.25) is 0 Å². The Morgan fingerprint density at radius 3 is 1.70 bits per heavy atom. The summed E-state index contributed by atoms with van der Waals surface area (Å²) in [4.78, 5) is 114. The number of fused-ring (bicyclic) bond motifs is 3. The van der Waals surface area contributed by atoms with Gasteiger partial charge in [0.05, 0.1) is 187 Å². The Kier molecular flexibility index (Phi) is 47.4. The van der Waals surface area contributed by atoms with Crippen molar-refractivity contribution in [2.45, 2.75) is 134 Å². The number of esters is 1. The zero-order valence-electron chi connectivity index (χ0n) is 66.5. The van der Waals surface area contributed by atoms with Crippen molar-refractivity contribution < 1.29 is 130 Å². The third-order valence-electron chi connectivity index (χ3n) is 18.2. The molecule has 2 aliphatic rings. The summed E-state index contributed by atoms with van der Waals surface area (Å²) >= 11 is 0. The molecule has 7 amide bonds. The number of aryl methyl sites for hydroxylation is 2. The number of rotatable bonds is 65. The Hall–Kier alpha value is -8.22. The summed E-state index contributed by atoms with van der Waals surface area (Å²) in [5.41, 5.74) is 9.18. The number of aliphatic hydroxyl groups is 4. The highest BCUT2D eigenvalue weighted by Crippen LogP contribution is 2.34. The minimum Gasteiger partial charge on any atom is -0.485 e. The van der Waals surface area contributed by atoms with Gasteiger partial charge in [-0.05, 0) is 87.3 Å². The molecule has 2 aromatic heterocycles. The molecule has 1 aliphatic heterocycles. The highest BCUT2D eigenvalue weighted by atomic mass is 16.6. The molecule has 4 aromatic rings. The van der Waals surface area contributed by atoms with E-state index < -0.39 is 84.6 Å². The summed E-state index contributed by atoms with van der Waals surface area (Å²) < 4.78 is 84.1. The third-order valence-corrected chi connectivity index (χ3v) is 18.2. The number of carbonyl (C=O) groups is 8. The van der Waals surface area contributed by atoms with Crippen molar-refractivity contribution in [3.05, 3.63) is 65.5 Å². The minimum atomic E-state index is -1.67. The smallest absolute Gasteiger partial charge is 0.407 e. The summed E-state index contributed by atoms with van der Waals surface area (Å²) in [7, 11) is 2.94. The quantitative estimate of drug-likeness (QED) is 0.0172. The Bertz CT molecular complexity index is 3550. The number of nitrogens with zero attached hydrogens (tertiary/aromatic N) is 4. The molecule has 0 radical (unpaired) electrons. The van der Waals surface area contributed by atoms with Crippen LogP contribution in [0.15, 0.2) is 48.6 Å². The number of nitrogens with two attached hydrogens (primary N) is 1. The Morgan fingerprint density at radius 2 is 1.14 bits per heavy atom. The third kappa shape index (κ3) is 36.5. The van der Waals surface area contributed by atoms with E-state index in [1.54, 1.807) is 25.3 Å². The molecule has 6 atom stereocenters. The van der Waals surface area contributed by atoms with Gasteiger partial charge < -0.3 is 128 Å². The first-order chi connectivity index (χ1) is 56.0. The fourth-order valence-electron chi connectivity index (χ4n) is 12.0. The zero-order chi connectivity index (χ0) is 82.6. The van der Waals surface area contributed by atoms with Gasteiger partial charge in [0.2, 0.25) is 23.6 Å². The molecule has 1 saturated carbocycles. The van der Waals surface area contributed by atoms with E-state index in [1.165, 1.54) is 19.2 Å². The van der Waals surface area contributed by atoms with Crippen molar-refractivity contribution in [2.75, 3.05) is 210 Å². The van der Waals surface area contributed by atoms with Crippen molar-refractivity contribution in [1.29, 1.82) is 0 Å². The van der Waals surface area contributed by atoms with Gasteiger partial charge in [-0.15, -0.1) is 0 Å². The lowest BCUT2D eigenvalue weighted by Crippen LogP contribution is -2.56. The molecule has 1 unspecified atom stereocenters. The highest BCUT2D eigenvalue weighted by molar-refractivity contribution is 6.13. The number of ether oxygens (including phenoxy) is 15. The van der Waals surface area contributed by atoms with Crippen molar-refractivity contribution in [2.24, 2.45) is 5.92 Å². The van der Waals surface area contributed by atoms with Crippen molar-refractivity contribution in [1.82, 2.24) is 40.7 Å². The van der Waals surface area contributed by atoms with Crippen molar-refractivity contribution in [3.8, 4) is 5.75 Å². The van der Waals surface area contributed by atoms with E-state index in [-0.39, 0.29) is 101 Å². The Balaban J connectivity index is 0.843. The van der Waals surface area contributed by atoms with Crippen LogP contribution in [0.5, 0.6) is 5.75 Å². The predicted molar refractivity (Wildman–Crippen MR) is 417 cm³/mol. The number of alkyl carbamates (subject to hydrolysis) is 1. The van der Waals surface area contributed by atoms with E-state index in [2.05, 4.69) is 43.1 Å². The van der Waals surface area contributed by atoms with Crippen LogP contribution in [-0.4, -0.2) is 317 Å². The summed E-state index contributed by atoms with van der Waals surface area (Å²) in [5.74, 6) is -3.54. The number of imidazole rings is 1. The van der Waals surface area contributed by atoms with E-state index in [9.17, 15) is 58.8 Å². The fraction of sp³-hybridized carbons (Fsp3) is 0.667. The summed E-state index contributed by atoms with van der Waals surface area (Å²) in [6.07, 6.45) is 0.496. The maximum Gasteiger partial charge on any atom is 0.407 e. The first-order valence-corrected chi connectivity index (χ1v) is 39.5. The summed E-state index contributed by atoms with van der Waals surface area (Å²) in [6.45, 7) is 11.8. The Morgan fingerprint density at radius 1 is 0.574 bits per heavy atom. The van der Waals surface area contributed by atoms with Crippen LogP contribution >= 0.6 is 0 Å². The molecule has 0 saturated heterocycles. The van der Waals surface area contributed by atoms with E-state index in [0.717, 1.165) is 65.9 Å². The van der Waals surface area contributed by atoms with Crippen LogP contribution in [0, 0.1) is 5.92 Å². The van der Waals surface area contributed by atoms with Crippen molar-refractivity contribution in [3.63, 3.8) is 0 Å². The number of amides is 7. The molecule has 0 spiro atoms. The van der Waals surface area contributed by atoms with Crippen LogP contribution in [0.4, 0.5) is 16.3 Å². The maximum absolute atomic E-state index is 13.8. The molecule has 37 heteroatoms. The molecular weight excluding hydrogens is 1510 g/mol. The number of pyridine rings is 1. The van der Waals surface area contributed by atoms with Gasteiger partial charge in [0.15, 0.2) is 5.82 Å². The number of carbonyl (C=O) groups excluding carboxylic acids is 8. The van der Waals surface area contributed by atoms with E-state index in [0.29, 0.717) is 187 Å². The largest absolute Gasteiger partial charge is 0.485 e. The number of nitrogens with one attached hydrogen (secondary N) is 5. The van der Waals surface area contributed by atoms with Gasteiger partial charge in [0.25, 0.3) is 11.8 Å². The topological polar surface area (TPSA) is 476 Å². The van der Waals surface area contributed by atoms with Crippen LogP contribution in [0.25, 0.3) is 21.9 Å². The van der Waals surface area contributed by atoms with Gasteiger partial charge in [-0.1, -0.05) is 19.4 Å². The molecule has 0 bridgehead atoms. The second-order valence-electron chi connectivity index (χ2n) is 26.8. The zero-order valence-corrected chi connectivity index (χ0v) is 66.5. The minimum absolute atomic E-state index is 0.0156. The SMILES string of the molecule is CCCCc1nc2c(N)nc3cc(C(=O)OC)ccc3c2n1CCCCCNC(=O)OCc1ccc(O[C@H]2C[C@H](CO)[C@@H](O)[C@H](O)[C@@H]2O)c(NC(=O)CCNC(=O)C(CCCCNC(=O)CCOCCOCCOCCOCCOCCOCCOCCOCCOCCOCCOCCOC)NC(=O)CCN2C(=O)C=CC2=O)c1. The molecule has 1 fully saturated rings. The number of benzene rings is 2. The lowest BCUT2D eigenvalue weighted by molar-refractivity contribution is -0.156. The number of hydrogen-bond acceptors (Lipinski definition) is 30. The lowest BCUT2D eigenvalue weighted by atomic mass is 9.81. The Labute approximate surface area is 670 Å². The number of anilines is 2. The van der Waals surface area contributed by atoms with Crippen LogP contribution < -0.4 is 37.1 Å². The van der Waals surface area contributed by atoms with E-state index >= 15 is 0 Å². The second-order valence-corrected chi connectivity index (χ2v) is 26.8. The van der Waals surface area contributed by atoms with Crippen LogP contribution in [0.3, 0.4) is 0 Å². The fourth-order valence-corrected chi connectivity index (χ4v) is 12.0. The number of hydrogen-bond donors (Lipinski definition) is 10. The molecule has 1 aliphatic carbocycles. The highest BCUT2D eigenvalue weighted by Gasteiger charge is 2.44. The summed E-state index contributed by atoms with van der Waals surface area (Å²) in [5, 5.41) is 56.5. The molecule has 37 nitrogen and oxygen atoms in total. The van der Waals surface area contributed by atoms with Gasteiger partial charge in [-0.25, -0.2) is 19.6 Å². The molecule has 644 valence electrons. The first kappa shape index (κ1) is 95.6. The van der Waals surface area contributed by atoms with Crippen LogP contribution in [0.1, 0.15) is 106 Å². The normalized spacial score (nSPS) is 16.3. The average molecular weight is 1630 g/mol. The molecule has 2 aromatic carbocycles. The summed E-state index contributed by atoms with van der Waals surface area (Å²) in [6, 6.07) is 8.51. The number of aliphatic hydroxyl groups excluding tert-OH is 4. The van der Waals surface area contributed by atoms with Gasteiger partial charge in [0, 0.05) is 95.6 Å². The van der Waals surface area contributed by atoms with Gasteiger partial charge in [-0.3, -0.25) is 33.7 Å². The molecule has 6 rings (SSSR count). The number of aromatic nitrogens is 3. The number of imide groups is 1. The van der Waals surface area contributed by atoms with Gasteiger partial charge in [-0.2, -0.15) is 0 Å². The molecule has 11 N–H and O–H groups in total. The van der Waals surface area contributed by atoms with E-state index in [4.69, 9.17) is 81.8 Å². The van der Waals surface area contributed by atoms with Gasteiger partial charge in [0.1, 0.15) is 48.1 Å². The number of nitrogen functional groups attached to an aromatic ring is 1. The van der Waals surface area contributed by atoms with E-state index in [1.807, 2.05) is 6.07 Å². The molecule has 3 heterocycles.